The smallest absolute Gasteiger partial charge is 0.236 e. The molecule has 1 unspecified atom stereocenters. The van der Waals surface area contributed by atoms with Crippen LogP contribution < -0.4 is 5.73 Å². The molecule has 1 aliphatic carbocycles. The molecular formula is C14H26N4O2. The fourth-order valence-electron chi connectivity index (χ4n) is 3.59. The molecule has 2 fully saturated rings. The minimum Gasteiger partial charge on any atom is -0.409 e. The van der Waals surface area contributed by atoms with Gasteiger partial charge in [0.05, 0.1) is 0 Å². The van der Waals surface area contributed by atoms with Gasteiger partial charge in [-0.3, -0.25) is 9.69 Å². The van der Waals surface area contributed by atoms with Crippen molar-refractivity contribution in [2.24, 2.45) is 22.2 Å². The maximum Gasteiger partial charge on any atom is 0.236 e. The molecule has 6 nitrogen and oxygen atoms in total. The summed E-state index contributed by atoms with van der Waals surface area (Å²) in [4.78, 5) is 17.0. The Labute approximate surface area is 120 Å². The molecule has 1 atom stereocenters. The first-order valence-corrected chi connectivity index (χ1v) is 7.42. The number of hydrogen-bond acceptors (Lipinski definition) is 4. The molecule has 114 valence electrons. The predicted molar refractivity (Wildman–Crippen MR) is 77.5 cm³/mol. The van der Waals surface area contributed by atoms with Crippen LogP contribution in [-0.2, 0) is 4.79 Å². The van der Waals surface area contributed by atoms with Crippen molar-refractivity contribution in [2.45, 2.75) is 39.2 Å². The van der Waals surface area contributed by atoms with E-state index in [-0.39, 0.29) is 11.7 Å². The van der Waals surface area contributed by atoms with Crippen molar-refractivity contribution in [2.75, 3.05) is 26.7 Å². The minimum absolute atomic E-state index is 0.0393. The van der Waals surface area contributed by atoms with Crippen LogP contribution in [0.25, 0.3) is 0 Å². The number of amides is 1. The Balaban J connectivity index is 2.13. The molecule has 2 rings (SSSR count). The van der Waals surface area contributed by atoms with Crippen molar-refractivity contribution < 1.29 is 10.0 Å². The monoisotopic (exact) mass is 282 g/mol. The quantitative estimate of drug-likeness (QED) is 0.345. The third-order valence-electron chi connectivity index (χ3n) is 4.94. The molecule has 20 heavy (non-hydrogen) atoms. The normalized spacial score (nSPS) is 35.8. The summed E-state index contributed by atoms with van der Waals surface area (Å²) in [5.74, 6) is 0.568. The largest absolute Gasteiger partial charge is 0.409 e. The van der Waals surface area contributed by atoms with E-state index in [4.69, 9.17) is 10.9 Å². The summed E-state index contributed by atoms with van der Waals surface area (Å²) in [6.07, 6.45) is 2.39. The van der Waals surface area contributed by atoms with Crippen molar-refractivity contribution in [3.05, 3.63) is 0 Å². The van der Waals surface area contributed by atoms with Gasteiger partial charge in [0, 0.05) is 25.7 Å². The second-order valence-corrected chi connectivity index (χ2v) is 6.37. The van der Waals surface area contributed by atoms with Crippen LogP contribution in [0.1, 0.15) is 33.1 Å². The van der Waals surface area contributed by atoms with E-state index in [0.717, 1.165) is 26.1 Å². The summed E-state index contributed by atoms with van der Waals surface area (Å²) in [5, 5.41) is 12.1. The molecule has 1 saturated heterocycles. The van der Waals surface area contributed by atoms with Crippen molar-refractivity contribution in [3.63, 3.8) is 0 Å². The first-order chi connectivity index (χ1) is 9.44. The lowest BCUT2D eigenvalue weighted by Gasteiger charge is -2.48. The van der Waals surface area contributed by atoms with Crippen LogP contribution in [0.2, 0.25) is 0 Å². The fourth-order valence-corrected chi connectivity index (χ4v) is 3.59. The molecule has 1 saturated carbocycles. The Morgan fingerprint density at radius 2 is 2.10 bits per heavy atom. The number of oxime groups is 1. The van der Waals surface area contributed by atoms with Gasteiger partial charge in [0.15, 0.2) is 5.84 Å². The van der Waals surface area contributed by atoms with Gasteiger partial charge in [0.1, 0.15) is 5.41 Å². The Hall–Kier alpha value is -1.30. The highest BCUT2D eigenvalue weighted by Crippen LogP contribution is 2.47. The lowest BCUT2D eigenvalue weighted by atomic mass is 9.61. The van der Waals surface area contributed by atoms with E-state index in [9.17, 15) is 4.79 Å². The molecule has 0 radical (unpaired) electrons. The topological polar surface area (TPSA) is 82.2 Å². The van der Waals surface area contributed by atoms with Gasteiger partial charge >= 0.3 is 0 Å². The second-order valence-electron chi connectivity index (χ2n) is 6.37. The van der Waals surface area contributed by atoms with E-state index in [1.807, 2.05) is 4.90 Å². The zero-order valence-corrected chi connectivity index (χ0v) is 12.7. The van der Waals surface area contributed by atoms with Gasteiger partial charge in [-0.1, -0.05) is 19.0 Å². The van der Waals surface area contributed by atoms with Crippen LogP contribution in [0.4, 0.5) is 0 Å². The van der Waals surface area contributed by atoms with Crippen LogP contribution in [0.3, 0.4) is 0 Å². The van der Waals surface area contributed by atoms with Crippen molar-refractivity contribution in [1.29, 1.82) is 0 Å². The van der Waals surface area contributed by atoms with Crippen molar-refractivity contribution >= 4 is 11.7 Å². The maximum absolute atomic E-state index is 12.9. The molecule has 1 amide bonds. The Bertz CT molecular complexity index is 404. The summed E-state index contributed by atoms with van der Waals surface area (Å²) >= 11 is 0. The first-order valence-electron chi connectivity index (χ1n) is 7.42. The molecule has 1 heterocycles. The highest BCUT2D eigenvalue weighted by molar-refractivity contribution is 6.07. The Morgan fingerprint density at radius 3 is 2.60 bits per heavy atom. The first kappa shape index (κ1) is 15.1. The number of hydrogen-bond donors (Lipinski definition) is 2. The number of likely N-dealkylation sites (N-methyl/N-ethyl adjacent to an activating group) is 1. The number of piperazine rings is 1. The van der Waals surface area contributed by atoms with Crippen LogP contribution in [0.15, 0.2) is 5.16 Å². The van der Waals surface area contributed by atoms with E-state index in [1.165, 1.54) is 0 Å². The molecule has 1 aliphatic heterocycles. The standard InChI is InChI=1S/C14H26N4O2/c1-4-11-9-18(6-5-17(11)3)13(19)14(12(15)16-20)7-10(2)8-14/h10-11,20H,4-9H2,1-3H3,(H2,15,16). The number of carbonyl (C=O) groups is 1. The molecule has 3 N–H and O–H groups in total. The van der Waals surface area contributed by atoms with Gasteiger partial charge < -0.3 is 15.8 Å². The van der Waals surface area contributed by atoms with Crippen LogP contribution in [0, 0.1) is 11.3 Å². The molecule has 0 bridgehead atoms. The van der Waals surface area contributed by atoms with Crippen molar-refractivity contribution in [3.8, 4) is 0 Å². The Kier molecular flexibility index (Phi) is 4.22. The van der Waals surface area contributed by atoms with E-state index < -0.39 is 5.41 Å². The third kappa shape index (κ3) is 2.37. The van der Waals surface area contributed by atoms with Crippen LogP contribution in [0.5, 0.6) is 0 Å². The van der Waals surface area contributed by atoms with Gasteiger partial charge in [0.2, 0.25) is 5.91 Å². The number of nitrogens with two attached hydrogens (primary N) is 1. The van der Waals surface area contributed by atoms with Gasteiger partial charge in [-0.25, -0.2) is 0 Å². The molecule has 0 spiro atoms. The van der Waals surface area contributed by atoms with Gasteiger partial charge in [0.25, 0.3) is 0 Å². The van der Waals surface area contributed by atoms with Gasteiger partial charge in [-0.2, -0.15) is 0 Å². The number of rotatable bonds is 3. The second kappa shape index (κ2) is 5.60. The summed E-state index contributed by atoms with van der Waals surface area (Å²) in [6.45, 7) is 6.57. The third-order valence-corrected chi connectivity index (χ3v) is 4.94. The Morgan fingerprint density at radius 1 is 1.45 bits per heavy atom. The number of amidine groups is 1. The predicted octanol–water partition coefficient (Wildman–Crippen LogP) is 0.702. The average molecular weight is 282 g/mol. The van der Waals surface area contributed by atoms with E-state index in [0.29, 0.717) is 24.8 Å². The zero-order valence-electron chi connectivity index (χ0n) is 12.7. The summed E-state index contributed by atoms with van der Waals surface area (Å²) in [5.41, 5.74) is 5.06. The maximum atomic E-state index is 12.9. The average Bonchev–Trinajstić information content (AvgIpc) is 2.42. The zero-order chi connectivity index (χ0) is 14.9. The summed E-state index contributed by atoms with van der Waals surface area (Å²) in [6, 6.07) is 0.398. The van der Waals surface area contributed by atoms with Crippen molar-refractivity contribution in [1.82, 2.24) is 9.80 Å². The fraction of sp³-hybridized carbons (Fsp3) is 0.857. The molecule has 6 heteroatoms. The lowest BCUT2D eigenvalue weighted by Crippen LogP contribution is -2.62. The number of carbonyl (C=O) groups excluding carboxylic acids is 1. The van der Waals surface area contributed by atoms with Crippen LogP contribution >= 0.6 is 0 Å². The van der Waals surface area contributed by atoms with E-state index in [2.05, 4.69) is 31.0 Å². The molecule has 2 aliphatic rings. The molecule has 0 aromatic heterocycles. The van der Waals surface area contributed by atoms with E-state index in [1.54, 1.807) is 0 Å². The lowest BCUT2D eigenvalue weighted by molar-refractivity contribution is -0.147. The van der Waals surface area contributed by atoms with Crippen LogP contribution in [-0.4, -0.2) is 59.5 Å². The number of nitrogens with zero attached hydrogens (tertiary/aromatic N) is 3. The highest BCUT2D eigenvalue weighted by atomic mass is 16.4. The molecule has 0 aromatic rings. The van der Waals surface area contributed by atoms with E-state index >= 15 is 0 Å². The highest BCUT2D eigenvalue weighted by Gasteiger charge is 2.54. The SMILES string of the molecule is CCC1CN(C(=O)C2(C(N)=NO)CC(C)C2)CCN1C. The molecule has 0 aromatic carbocycles. The minimum atomic E-state index is -0.762. The summed E-state index contributed by atoms with van der Waals surface area (Å²) < 4.78 is 0. The van der Waals surface area contributed by atoms with Gasteiger partial charge in [-0.05, 0) is 32.2 Å². The summed E-state index contributed by atoms with van der Waals surface area (Å²) in [7, 11) is 2.10. The van der Waals surface area contributed by atoms with Gasteiger partial charge in [-0.15, -0.1) is 0 Å². The molecular weight excluding hydrogens is 256 g/mol.